The van der Waals surface area contributed by atoms with Crippen LogP contribution in [0.2, 0.25) is 0 Å². The van der Waals surface area contributed by atoms with Crippen molar-refractivity contribution < 1.29 is 12.6 Å². The smallest absolute Gasteiger partial charge is 0.264 e. The molecule has 0 radical (unpaired) electrons. The Kier molecular flexibility index (Phi) is 7.32. The largest absolute Gasteiger partial charge is 0.368 e. The molecule has 1 heterocycles. The van der Waals surface area contributed by atoms with Crippen LogP contribution in [0.3, 0.4) is 0 Å². The first-order valence-corrected chi connectivity index (χ1v) is 14.0. The summed E-state index contributed by atoms with van der Waals surface area (Å²) in [7, 11) is -7.08. The van der Waals surface area contributed by atoms with E-state index in [1.54, 1.807) is 30.3 Å². The predicted octanol–water partition coefficient (Wildman–Crippen LogP) is 3.63. The van der Waals surface area contributed by atoms with Gasteiger partial charge in [-0.1, -0.05) is 38.6 Å². The minimum absolute atomic E-state index is 0.0432. The molecule has 1 saturated heterocycles. The summed E-state index contributed by atoms with van der Waals surface area (Å²) in [4.78, 5) is 2.36. The SMILES string of the molecule is C=Cc1ccc(N(CC(C)C)S(=O)(=O)c2ccc(N3CCNCC3)c(S(C)(=N)=O)c2)cc1. The summed E-state index contributed by atoms with van der Waals surface area (Å²) in [5, 5.41) is 3.27. The van der Waals surface area contributed by atoms with Gasteiger partial charge in [0.1, 0.15) is 0 Å². The Labute approximate surface area is 192 Å². The van der Waals surface area contributed by atoms with E-state index in [0.29, 0.717) is 31.0 Å². The van der Waals surface area contributed by atoms with Gasteiger partial charge in [-0.15, -0.1) is 0 Å². The van der Waals surface area contributed by atoms with Crippen molar-refractivity contribution in [3.05, 3.63) is 54.6 Å². The van der Waals surface area contributed by atoms with Crippen LogP contribution in [-0.2, 0) is 19.8 Å². The molecule has 2 N–H and O–H groups in total. The first-order valence-electron chi connectivity index (χ1n) is 10.6. The van der Waals surface area contributed by atoms with Gasteiger partial charge in [0.15, 0.2) is 0 Å². The Balaban J connectivity index is 2.10. The lowest BCUT2D eigenvalue weighted by molar-refractivity contribution is 0.576. The molecule has 0 amide bonds. The fourth-order valence-corrected chi connectivity index (χ4v) is 6.39. The number of piperazine rings is 1. The number of sulfonamides is 1. The first-order chi connectivity index (χ1) is 15.0. The van der Waals surface area contributed by atoms with Gasteiger partial charge in [0.05, 0.1) is 30.9 Å². The van der Waals surface area contributed by atoms with E-state index in [9.17, 15) is 12.6 Å². The van der Waals surface area contributed by atoms with Crippen LogP contribution in [-0.4, -0.2) is 51.6 Å². The Bertz CT molecular complexity index is 1170. The number of hydrogen-bond donors (Lipinski definition) is 2. The van der Waals surface area contributed by atoms with Crippen LogP contribution >= 0.6 is 0 Å². The maximum absolute atomic E-state index is 13.7. The third kappa shape index (κ3) is 5.33. The number of nitrogens with one attached hydrogen (secondary N) is 2. The van der Waals surface area contributed by atoms with E-state index in [1.165, 1.54) is 16.6 Å². The summed E-state index contributed by atoms with van der Waals surface area (Å²) >= 11 is 0. The van der Waals surface area contributed by atoms with Gasteiger partial charge in [-0.05, 0) is 41.8 Å². The summed E-state index contributed by atoms with van der Waals surface area (Å²) in [6.45, 7) is 11.0. The molecule has 3 rings (SSSR count). The van der Waals surface area contributed by atoms with E-state index < -0.39 is 19.8 Å². The first kappa shape index (κ1) is 24.3. The summed E-state index contributed by atoms with van der Waals surface area (Å²) < 4.78 is 49.9. The van der Waals surface area contributed by atoms with E-state index in [2.05, 4.69) is 16.8 Å². The van der Waals surface area contributed by atoms with Crippen LogP contribution in [0.25, 0.3) is 6.08 Å². The van der Waals surface area contributed by atoms with Crippen LogP contribution in [0.1, 0.15) is 19.4 Å². The average Bonchev–Trinajstić information content (AvgIpc) is 2.77. The molecule has 0 saturated carbocycles. The molecule has 0 bridgehead atoms. The molecule has 7 nitrogen and oxygen atoms in total. The lowest BCUT2D eigenvalue weighted by Crippen LogP contribution is -2.44. The van der Waals surface area contributed by atoms with Gasteiger partial charge in [0, 0.05) is 39.0 Å². The number of nitrogens with zero attached hydrogens (tertiary/aromatic N) is 2. The quantitative estimate of drug-likeness (QED) is 0.607. The van der Waals surface area contributed by atoms with Crippen molar-refractivity contribution in [1.82, 2.24) is 5.32 Å². The second-order valence-electron chi connectivity index (χ2n) is 8.44. The maximum Gasteiger partial charge on any atom is 0.264 e. The zero-order chi connectivity index (χ0) is 23.5. The van der Waals surface area contributed by atoms with E-state index in [4.69, 9.17) is 4.78 Å². The fraction of sp³-hybridized carbons (Fsp3) is 0.391. The number of rotatable bonds is 8. The van der Waals surface area contributed by atoms with Crippen LogP contribution in [0.15, 0.2) is 58.8 Å². The van der Waals surface area contributed by atoms with Crippen LogP contribution in [0.5, 0.6) is 0 Å². The molecule has 1 fully saturated rings. The van der Waals surface area contributed by atoms with Gasteiger partial charge in [-0.25, -0.2) is 17.4 Å². The van der Waals surface area contributed by atoms with Crippen LogP contribution < -0.4 is 14.5 Å². The molecular weight excluding hydrogens is 444 g/mol. The minimum Gasteiger partial charge on any atom is -0.368 e. The van der Waals surface area contributed by atoms with Crippen molar-refractivity contribution in [2.75, 3.05) is 48.2 Å². The molecule has 1 aliphatic heterocycles. The van der Waals surface area contributed by atoms with Crippen molar-refractivity contribution in [2.45, 2.75) is 23.6 Å². The molecule has 1 aliphatic rings. The Hall–Kier alpha value is -2.36. The minimum atomic E-state index is -3.93. The van der Waals surface area contributed by atoms with Crippen molar-refractivity contribution in [3.63, 3.8) is 0 Å². The van der Waals surface area contributed by atoms with Gasteiger partial charge in [0.2, 0.25) is 0 Å². The molecule has 9 heteroatoms. The zero-order valence-electron chi connectivity index (χ0n) is 18.9. The normalized spacial score (nSPS) is 16.6. The topological polar surface area (TPSA) is 93.6 Å². The highest BCUT2D eigenvalue weighted by atomic mass is 32.2. The van der Waals surface area contributed by atoms with Crippen molar-refractivity contribution in [3.8, 4) is 0 Å². The highest BCUT2D eigenvalue weighted by Crippen LogP contribution is 2.32. The van der Waals surface area contributed by atoms with Crippen LogP contribution in [0, 0.1) is 10.7 Å². The summed E-state index contributed by atoms with van der Waals surface area (Å²) in [6.07, 6.45) is 3.04. The second-order valence-corrected chi connectivity index (χ2v) is 12.4. The molecule has 0 aromatic heterocycles. The lowest BCUT2D eigenvalue weighted by Gasteiger charge is -2.32. The number of benzene rings is 2. The highest BCUT2D eigenvalue weighted by molar-refractivity contribution is 7.93. The van der Waals surface area contributed by atoms with Gasteiger partial charge >= 0.3 is 0 Å². The molecule has 0 aliphatic carbocycles. The fourth-order valence-electron chi connectivity index (χ4n) is 3.71. The zero-order valence-corrected chi connectivity index (χ0v) is 20.5. The Morgan fingerprint density at radius 2 is 1.75 bits per heavy atom. The molecule has 1 unspecified atom stereocenters. The van der Waals surface area contributed by atoms with Gasteiger partial charge in [0.25, 0.3) is 10.0 Å². The standard InChI is InChI=1S/C23H32N4O3S2/c1-5-19-6-8-20(9-7-19)27(17-18(2)3)32(29,30)21-10-11-22(23(16-21)31(4,24)28)26-14-12-25-13-15-26/h5-11,16,18,24-25H,1,12-15,17H2,2-4H3. The molecule has 1 atom stereocenters. The average molecular weight is 477 g/mol. The van der Waals surface area contributed by atoms with E-state index in [0.717, 1.165) is 18.7 Å². The Morgan fingerprint density at radius 3 is 2.28 bits per heavy atom. The van der Waals surface area contributed by atoms with E-state index >= 15 is 0 Å². The van der Waals surface area contributed by atoms with Gasteiger partial charge in [-0.2, -0.15) is 0 Å². The van der Waals surface area contributed by atoms with Gasteiger partial charge < -0.3 is 10.2 Å². The molecule has 0 spiro atoms. The second kappa shape index (κ2) is 9.64. The summed E-state index contributed by atoms with van der Waals surface area (Å²) in [6, 6.07) is 11.9. The predicted molar refractivity (Wildman–Crippen MR) is 132 cm³/mol. The Morgan fingerprint density at radius 1 is 1.12 bits per heavy atom. The third-order valence-electron chi connectivity index (χ3n) is 5.34. The molecule has 174 valence electrons. The maximum atomic E-state index is 13.7. The lowest BCUT2D eigenvalue weighted by atomic mass is 10.2. The summed E-state index contributed by atoms with van der Waals surface area (Å²) in [5.41, 5.74) is 2.12. The summed E-state index contributed by atoms with van der Waals surface area (Å²) in [5.74, 6) is 0.0926. The molecule has 2 aromatic carbocycles. The number of hydrogen-bond acceptors (Lipinski definition) is 6. The molecule has 2 aromatic rings. The third-order valence-corrected chi connectivity index (χ3v) is 8.30. The van der Waals surface area contributed by atoms with Crippen molar-refractivity contribution >= 4 is 37.2 Å². The van der Waals surface area contributed by atoms with Crippen molar-refractivity contribution in [1.29, 1.82) is 4.78 Å². The van der Waals surface area contributed by atoms with Gasteiger partial charge in [-0.3, -0.25) is 4.31 Å². The molecular formula is C23H32N4O3S2. The van der Waals surface area contributed by atoms with Crippen LogP contribution in [0.4, 0.5) is 11.4 Å². The molecule has 32 heavy (non-hydrogen) atoms. The number of anilines is 2. The van der Waals surface area contributed by atoms with Crippen molar-refractivity contribution in [2.24, 2.45) is 5.92 Å². The van der Waals surface area contributed by atoms with E-state index in [1.807, 2.05) is 26.0 Å². The highest BCUT2D eigenvalue weighted by Gasteiger charge is 2.28. The van der Waals surface area contributed by atoms with E-state index in [-0.39, 0.29) is 15.7 Å². The monoisotopic (exact) mass is 476 g/mol.